The third kappa shape index (κ3) is 4.49. The molecule has 2 aromatic carbocycles. The molecule has 1 saturated heterocycles. The van der Waals surface area contributed by atoms with Crippen LogP contribution < -0.4 is 10.6 Å². The van der Waals surface area contributed by atoms with E-state index in [0.29, 0.717) is 29.9 Å². The molecular weight excluding hydrogens is 470 g/mol. The molecule has 0 aromatic heterocycles. The van der Waals surface area contributed by atoms with Gasteiger partial charge in [-0.15, -0.1) is 0 Å². The molecular formula is C29H31N3O5. The molecule has 1 spiro atoms. The van der Waals surface area contributed by atoms with Crippen molar-refractivity contribution in [2.75, 3.05) is 0 Å². The van der Waals surface area contributed by atoms with E-state index < -0.39 is 18.0 Å². The van der Waals surface area contributed by atoms with Crippen LogP contribution in [0.25, 0.3) is 0 Å². The van der Waals surface area contributed by atoms with Gasteiger partial charge in [-0.3, -0.25) is 19.7 Å². The number of nitrogens with zero attached hydrogens (tertiary/aromatic N) is 1. The van der Waals surface area contributed by atoms with Gasteiger partial charge in [-0.1, -0.05) is 48.9 Å². The summed E-state index contributed by atoms with van der Waals surface area (Å²) < 4.78 is 5.96. The summed E-state index contributed by atoms with van der Waals surface area (Å²) in [5.74, 6) is -0.623. The highest BCUT2D eigenvalue weighted by Crippen LogP contribution is 2.61. The minimum Gasteiger partial charge on any atom is -0.441 e. The van der Waals surface area contributed by atoms with Crippen LogP contribution in [0.3, 0.4) is 0 Å². The van der Waals surface area contributed by atoms with Gasteiger partial charge in [-0.25, -0.2) is 4.79 Å². The quantitative estimate of drug-likeness (QED) is 0.583. The maximum atomic E-state index is 13.1. The summed E-state index contributed by atoms with van der Waals surface area (Å²) in [6, 6.07) is 14.8. The summed E-state index contributed by atoms with van der Waals surface area (Å²) in [6.07, 6.45) is 5.90. The number of fused-ring (bicyclic) bond motifs is 1. The van der Waals surface area contributed by atoms with E-state index in [1.165, 1.54) is 24.2 Å². The maximum absolute atomic E-state index is 13.1. The van der Waals surface area contributed by atoms with Gasteiger partial charge < -0.3 is 15.0 Å². The molecule has 2 N–H and O–H groups in total. The second-order valence-corrected chi connectivity index (χ2v) is 11.0. The molecule has 2 atom stereocenters. The topological polar surface area (TPSA) is 105 Å². The Kier molecular flexibility index (Phi) is 5.97. The molecule has 192 valence electrons. The van der Waals surface area contributed by atoms with E-state index in [0.717, 1.165) is 29.5 Å². The van der Waals surface area contributed by atoms with Gasteiger partial charge in [0.2, 0.25) is 11.8 Å². The van der Waals surface area contributed by atoms with Crippen molar-refractivity contribution in [1.29, 1.82) is 0 Å². The van der Waals surface area contributed by atoms with Crippen molar-refractivity contribution in [3.8, 4) is 0 Å². The van der Waals surface area contributed by atoms with Gasteiger partial charge in [0.15, 0.2) is 0 Å². The molecule has 0 bridgehead atoms. The lowest BCUT2D eigenvalue weighted by Gasteiger charge is -2.55. The summed E-state index contributed by atoms with van der Waals surface area (Å²) in [5.41, 5.74) is 3.65. The van der Waals surface area contributed by atoms with Crippen LogP contribution in [0.15, 0.2) is 48.5 Å². The number of carbonyl (C=O) groups excluding carboxylic acids is 4. The monoisotopic (exact) mass is 501 g/mol. The van der Waals surface area contributed by atoms with Gasteiger partial charge >= 0.3 is 6.09 Å². The highest BCUT2D eigenvalue weighted by Gasteiger charge is 2.51. The number of hydrogen-bond donors (Lipinski definition) is 2. The van der Waals surface area contributed by atoms with Crippen LogP contribution in [0.4, 0.5) is 4.79 Å². The largest absolute Gasteiger partial charge is 0.441 e. The highest BCUT2D eigenvalue weighted by atomic mass is 16.6. The van der Waals surface area contributed by atoms with E-state index >= 15 is 0 Å². The van der Waals surface area contributed by atoms with Crippen molar-refractivity contribution >= 4 is 23.8 Å². The smallest absolute Gasteiger partial charge is 0.408 e. The van der Waals surface area contributed by atoms with Gasteiger partial charge in [0.25, 0.3) is 5.91 Å². The first-order valence-electron chi connectivity index (χ1n) is 13.2. The minimum atomic E-state index is -0.644. The van der Waals surface area contributed by atoms with E-state index in [1.807, 2.05) is 42.5 Å². The van der Waals surface area contributed by atoms with E-state index in [-0.39, 0.29) is 30.9 Å². The molecule has 8 nitrogen and oxygen atoms in total. The molecule has 0 radical (unpaired) electrons. The number of hydrogen-bond acceptors (Lipinski definition) is 5. The number of piperidine rings is 1. The summed E-state index contributed by atoms with van der Waals surface area (Å²) in [6.45, 7) is 0.561. The summed E-state index contributed by atoms with van der Waals surface area (Å²) in [5, 5.41) is 5.17. The van der Waals surface area contributed by atoms with Crippen LogP contribution >= 0.6 is 0 Å². The molecule has 2 heterocycles. The number of alkyl carbamates (subject to hydrolysis) is 1. The number of rotatable bonds is 6. The average molecular weight is 502 g/mol. The Balaban J connectivity index is 1.08. The fourth-order valence-electron chi connectivity index (χ4n) is 6.47. The molecule has 2 saturated carbocycles. The number of benzene rings is 2. The zero-order chi connectivity index (χ0) is 25.6. The maximum Gasteiger partial charge on any atom is 0.408 e. The molecule has 37 heavy (non-hydrogen) atoms. The lowest BCUT2D eigenvalue weighted by Crippen LogP contribution is -2.52. The fourth-order valence-corrected chi connectivity index (χ4v) is 6.47. The third-order valence-electron chi connectivity index (χ3n) is 8.62. The predicted octanol–water partition coefficient (Wildman–Crippen LogP) is 4.00. The van der Waals surface area contributed by atoms with E-state index in [9.17, 15) is 19.2 Å². The van der Waals surface area contributed by atoms with Crippen LogP contribution in [0.5, 0.6) is 0 Å². The van der Waals surface area contributed by atoms with Crippen molar-refractivity contribution < 1.29 is 23.9 Å². The molecule has 2 aromatic rings. The molecule has 2 unspecified atom stereocenters. The molecule has 3 fully saturated rings. The Hall–Kier alpha value is -3.68. The van der Waals surface area contributed by atoms with Gasteiger partial charge in [0.1, 0.15) is 12.1 Å². The standard InChI is InChI=1S/C29H31N3O5/c33-24-10-9-23(26(34)31-24)32-17-20-8-7-18(13-22(20)27(32)35)16-30-28(36)37-25(19-5-2-1-3-6-19)21-14-29(15-21)11-4-12-29/h1-3,5-8,13,21,23,25H,4,9-12,14-17H2,(H,30,36)(H,31,33,34). The van der Waals surface area contributed by atoms with Crippen LogP contribution in [0.2, 0.25) is 0 Å². The molecule has 4 amide bonds. The first kappa shape index (κ1) is 23.7. The third-order valence-corrected chi connectivity index (χ3v) is 8.62. The SMILES string of the molecule is O=C1CCC(N2Cc3ccc(CNC(=O)OC(c4ccccc4)C4CC5(CCC5)C4)cc3C2=O)C(=O)N1. The van der Waals surface area contributed by atoms with E-state index in [4.69, 9.17) is 4.74 Å². The second kappa shape index (κ2) is 9.32. The Morgan fingerprint density at radius 1 is 1.11 bits per heavy atom. The first-order valence-corrected chi connectivity index (χ1v) is 13.2. The van der Waals surface area contributed by atoms with Crippen LogP contribution in [-0.4, -0.2) is 34.8 Å². The Morgan fingerprint density at radius 2 is 1.89 bits per heavy atom. The fraction of sp³-hybridized carbons (Fsp3) is 0.448. The van der Waals surface area contributed by atoms with Crippen LogP contribution in [0, 0.1) is 11.3 Å². The summed E-state index contributed by atoms with van der Waals surface area (Å²) >= 11 is 0. The van der Waals surface area contributed by atoms with Crippen LogP contribution in [0.1, 0.15) is 78.1 Å². The van der Waals surface area contributed by atoms with Gasteiger partial charge in [-0.2, -0.15) is 0 Å². The predicted molar refractivity (Wildman–Crippen MR) is 134 cm³/mol. The molecule has 2 aliphatic heterocycles. The summed E-state index contributed by atoms with van der Waals surface area (Å²) in [7, 11) is 0. The van der Waals surface area contributed by atoms with Crippen molar-refractivity contribution in [3.05, 3.63) is 70.8 Å². The van der Waals surface area contributed by atoms with E-state index in [2.05, 4.69) is 10.6 Å². The molecule has 2 aliphatic carbocycles. The van der Waals surface area contributed by atoms with Crippen LogP contribution in [-0.2, 0) is 27.4 Å². The Morgan fingerprint density at radius 3 is 2.59 bits per heavy atom. The zero-order valence-electron chi connectivity index (χ0n) is 20.7. The van der Waals surface area contributed by atoms with Crippen molar-refractivity contribution in [1.82, 2.24) is 15.5 Å². The summed E-state index contributed by atoms with van der Waals surface area (Å²) in [4.78, 5) is 51.2. The second-order valence-electron chi connectivity index (χ2n) is 11.0. The van der Waals surface area contributed by atoms with Gasteiger partial charge in [0, 0.05) is 31.0 Å². The highest BCUT2D eigenvalue weighted by molar-refractivity contribution is 6.05. The number of ether oxygens (including phenoxy) is 1. The lowest BCUT2D eigenvalue weighted by molar-refractivity contribution is -0.136. The van der Waals surface area contributed by atoms with Crippen molar-refractivity contribution in [2.24, 2.45) is 11.3 Å². The molecule has 6 rings (SSSR count). The van der Waals surface area contributed by atoms with Crippen molar-refractivity contribution in [3.63, 3.8) is 0 Å². The number of carbonyl (C=O) groups is 4. The molecule has 8 heteroatoms. The van der Waals surface area contributed by atoms with Crippen molar-refractivity contribution in [2.45, 2.75) is 70.2 Å². The van der Waals surface area contributed by atoms with E-state index in [1.54, 1.807) is 6.07 Å². The van der Waals surface area contributed by atoms with Gasteiger partial charge in [-0.05, 0) is 60.3 Å². The number of nitrogens with one attached hydrogen (secondary N) is 2. The van der Waals surface area contributed by atoms with Gasteiger partial charge in [0.05, 0.1) is 0 Å². The number of amides is 4. The number of imide groups is 1. The molecule has 4 aliphatic rings. The Labute approximate surface area is 215 Å². The minimum absolute atomic E-state index is 0.222. The average Bonchev–Trinajstić information content (AvgIpc) is 3.16. The first-order chi connectivity index (χ1) is 17.9. The Bertz CT molecular complexity index is 1250. The zero-order valence-corrected chi connectivity index (χ0v) is 20.7. The lowest BCUT2D eigenvalue weighted by atomic mass is 9.50. The normalized spacial score (nSPS) is 23.1.